The van der Waals surface area contributed by atoms with Crippen molar-refractivity contribution in [1.82, 2.24) is 14.9 Å². The summed E-state index contributed by atoms with van der Waals surface area (Å²) in [4.78, 5) is 0.170. The second-order valence-corrected chi connectivity index (χ2v) is 8.04. The maximum Gasteiger partial charge on any atom is 0.240 e. The Morgan fingerprint density at radius 3 is 2.24 bits per heavy atom. The first-order valence-electron chi connectivity index (χ1n) is 9.24. The highest BCUT2D eigenvalue weighted by molar-refractivity contribution is 7.89. The largest absolute Gasteiger partial charge is 0.494 e. The van der Waals surface area contributed by atoms with Gasteiger partial charge in [-0.1, -0.05) is 29.8 Å². The molecule has 8 heteroatoms. The smallest absolute Gasteiger partial charge is 0.240 e. The molecule has 3 rings (SSSR count). The van der Waals surface area contributed by atoms with Crippen molar-refractivity contribution in [2.45, 2.75) is 18.7 Å². The van der Waals surface area contributed by atoms with Crippen molar-refractivity contribution in [2.24, 2.45) is 0 Å². The quantitative estimate of drug-likeness (QED) is 0.542. The topological polar surface area (TPSA) is 90.4 Å². The van der Waals surface area contributed by atoms with Gasteiger partial charge in [0, 0.05) is 18.2 Å². The van der Waals surface area contributed by atoms with E-state index in [1.165, 1.54) is 17.7 Å². The minimum absolute atomic E-state index is 0.108. The Bertz CT molecular complexity index is 1020. The number of hydrogen-bond acceptors (Lipinski definition) is 6. The molecule has 29 heavy (non-hydrogen) atoms. The Labute approximate surface area is 170 Å². The molecule has 0 bridgehead atoms. The zero-order chi connectivity index (χ0) is 20.7. The van der Waals surface area contributed by atoms with Gasteiger partial charge in [0.2, 0.25) is 15.9 Å². The summed E-state index contributed by atoms with van der Waals surface area (Å²) in [5, 5.41) is 8.18. The lowest BCUT2D eigenvalue weighted by atomic mass is 10.1. The summed E-state index contributed by atoms with van der Waals surface area (Å²) in [6.45, 7) is 4.66. The van der Waals surface area contributed by atoms with E-state index in [2.05, 4.69) is 14.9 Å². The van der Waals surface area contributed by atoms with Crippen LogP contribution in [0.1, 0.15) is 12.5 Å². The number of benzene rings is 2. The van der Waals surface area contributed by atoms with Crippen LogP contribution in [0.3, 0.4) is 0 Å². The van der Waals surface area contributed by atoms with Crippen molar-refractivity contribution in [3.05, 3.63) is 66.2 Å². The molecule has 0 radical (unpaired) electrons. The van der Waals surface area contributed by atoms with Crippen molar-refractivity contribution < 1.29 is 17.9 Å². The van der Waals surface area contributed by atoms with E-state index in [0.29, 0.717) is 18.2 Å². The Balaban J connectivity index is 1.50. The summed E-state index contributed by atoms with van der Waals surface area (Å²) in [7, 11) is -3.61. The number of nitrogens with one attached hydrogen (secondary N) is 1. The molecule has 152 valence electrons. The van der Waals surface area contributed by atoms with Gasteiger partial charge in [-0.3, -0.25) is 0 Å². The molecule has 0 saturated heterocycles. The highest BCUT2D eigenvalue weighted by Gasteiger charge is 2.13. The van der Waals surface area contributed by atoms with E-state index in [-0.39, 0.29) is 18.0 Å². The highest BCUT2D eigenvalue weighted by Crippen LogP contribution is 2.18. The number of aromatic nitrogens is 2. The van der Waals surface area contributed by atoms with E-state index in [1.54, 1.807) is 18.2 Å². The van der Waals surface area contributed by atoms with Gasteiger partial charge in [0.05, 0.1) is 17.2 Å². The first-order valence-corrected chi connectivity index (χ1v) is 10.7. The molecule has 1 heterocycles. The summed E-state index contributed by atoms with van der Waals surface area (Å²) >= 11 is 0. The van der Waals surface area contributed by atoms with Crippen LogP contribution in [-0.2, 0) is 10.0 Å². The molecular weight excluding hydrogens is 390 g/mol. The molecule has 0 unspecified atom stereocenters. The Morgan fingerprint density at radius 1 is 0.897 bits per heavy atom. The molecule has 0 aliphatic carbocycles. The monoisotopic (exact) mass is 413 g/mol. The maximum absolute atomic E-state index is 12.3. The molecular formula is C21H23N3O4S. The van der Waals surface area contributed by atoms with E-state index in [1.807, 2.05) is 44.2 Å². The lowest BCUT2D eigenvalue weighted by molar-refractivity contribution is 0.307. The summed E-state index contributed by atoms with van der Waals surface area (Å²) in [5.74, 6) is 0.962. The van der Waals surface area contributed by atoms with Crippen LogP contribution in [0.15, 0.2) is 65.6 Å². The van der Waals surface area contributed by atoms with Gasteiger partial charge in [-0.05, 0) is 44.2 Å². The van der Waals surface area contributed by atoms with Gasteiger partial charge >= 0.3 is 0 Å². The van der Waals surface area contributed by atoms with Gasteiger partial charge in [-0.15, -0.1) is 10.2 Å². The molecule has 3 aromatic rings. The molecule has 0 aliphatic rings. The van der Waals surface area contributed by atoms with Gasteiger partial charge < -0.3 is 9.47 Å². The standard InChI is InChI=1S/C21H23N3O4S/c1-3-27-18-8-10-19(11-9-18)29(25,26)22-14-15-28-21-13-12-20(23-24-21)17-6-4-16(2)5-7-17/h4-13,22H,3,14-15H2,1-2H3. The Hall–Kier alpha value is -2.97. The third-order valence-corrected chi connectivity index (χ3v) is 5.55. The second-order valence-electron chi connectivity index (χ2n) is 6.27. The lowest BCUT2D eigenvalue weighted by Gasteiger charge is -2.09. The van der Waals surface area contributed by atoms with Gasteiger partial charge in [0.1, 0.15) is 12.4 Å². The third-order valence-electron chi connectivity index (χ3n) is 4.08. The summed E-state index contributed by atoms with van der Waals surface area (Å²) in [5.41, 5.74) is 2.89. The minimum Gasteiger partial charge on any atom is -0.494 e. The number of sulfonamides is 1. The van der Waals surface area contributed by atoms with Crippen molar-refractivity contribution in [2.75, 3.05) is 19.8 Å². The fraction of sp³-hybridized carbons (Fsp3) is 0.238. The lowest BCUT2D eigenvalue weighted by Crippen LogP contribution is -2.28. The zero-order valence-electron chi connectivity index (χ0n) is 16.3. The van der Waals surface area contributed by atoms with E-state index in [4.69, 9.17) is 9.47 Å². The maximum atomic E-state index is 12.3. The average Bonchev–Trinajstić information content (AvgIpc) is 2.73. The fourth-order valence-electron chi connectivity index (χ4n) is 2.57. The molecule has 0 fully saturated rings. The average molecular weight is 413 g/mol. The van der Waals surface area contributed by atoms with Gasteiger partial charge in [-0.25, -0.2) is 13.1 Å². The minimum atomic E-state index is -3.61. The fourth-order valence-corrected chi connectivity index (χ4v) is 3.59. The van der Waals surface area contributed by atoms with E-state index in [9.17, 15) is 8.42 Å². The Kier molecular flexibility index (Phi) is 6.79. The SMILES string of the molecule is CCOc1ccc(S(=O)(=O)NCCOc2ccc(-c3ccc(C)cc3)nn2)cc1. The first-order chi connectivity index (χ1) is 14.0. The van der Waals surface area contributed by atoms with Crippen LogP contribution in [0.5, 0.6) is 11.6 Å². The molecule has 0 aliphatic heterocycles. The molecule has 0 atom stereocenters. The van der Waals surface area contributed by atoms with Crippen LogP contribution < -0.4 is 14.2 Å². The summed E-state index contributed by atoms with van der Waals surface area (Å²) < 4.78 is 37.9. The summed E-state index contributed by atoms with van der Waals surface area (Å²) in [6.07, 6.45) is 0. The molecule has 7 nitrogen and oxygen atoms in total. The van der Waals surface area contributed by atoms with Crippen LogP contribution in [0.4, 0.5) is 0 Å². The predicted octanol–water partition coefficient (Wildman–Crippen LogP) is 3.21. The van der Waals surface area contributed by atoms with Crippen LogP contribution in [0.2, 0.25) is 0 Å². The van der Waals surface area contributed by atoms with Crippen molar-refractivity contribution in [3.8, 4) is 22.9 Å². The van der Waals surface area contributed by atoms with Gasteiger partial charge in [-0.2, -0.15) is 0 Å². The molecule has 2 aromatic carbocycles. The summed E-state index contributed by atoms with van der Waals surface area (Å²) in [6, 6.07) is 17.8. The highest BCUT2D eigenvalue weighted by atomic mass is 32.2. The van der Waals surface area contributed by atoms with E-state index in [0.717, 1.165) is 11.3 Å². The Morgan fingerprint density at radius 2 is 1.62 bits per heavy atom. The molecule has 1 N–H and O–H groups in total. The van der Waals surface area contributed by atoms with Crippen molar-refractivity contribution >= 4 is 10.0 Å². The van der Waals surface area contributed by atoms with E-state index >= 15 is 0 Å². The molecule has 1 aromatic heterocycles. The third kappa shape index (κ3) is 5.75. The second kappa shape index (κ2) is 9.49. The van der Waals surface area contributed by atoms with Gasteiger partial charge in [0.15, 0.2) is 0 Å². The number of hydrogen-bond donors (Lipinski definition) is 1. The van der Waals surface area contributed by atoms with Crippen molar-refractivity contribution in [1.29, 1.82) is 0 Å². The predicted molar refractivity (Wildman–Crippen MR) is 110 cm³/mol. The molecule has 0 spiro atoms. The zero-order valence-corrected chi connectivity index (χ0v) is 17.1. The number of ether oxygens (including phenoxy) is 2. The van der Waals surface area contributed by atoms with Crippen LogP contribution >= 0.6 is 0 Å². The molecule has 0 amide bonds. The first kappa shape index (κ1) is 20.8. The number of rotatable bonds is 9. The normalized spacial score (nSPS) is 11.2. The number of nitrogens with zero attached hydrogens (tertiary/aromatic N) is 2. The van der Waals surface area contributed by atoms with Crippen molar-refractivity contribution in [3.63, 3.8) is 0 Å². The van der Waals surface area contributed by atoms with Gasteiger partial charge in [0.25, 0.3) is 0 Å². The van der Waals surface area contributed by atoms with Crippen LogP contribution in [0.25, 0.3) is 11.3 Å². The molecule has 0 saturated carbocycles. The van der Waals surface area contributed by atoms with E-state index < -0.39 is 10.0 Å². The number of aryl methyl sites for hydroxylation is 1. The van der Waals surface area contributed by atoms with Crippen LogP contribution in [-0.4, -0.2) is 38.4 Å². The van der Waals surface area contributed by atoms with Crippen LogP contribution in [0, 0.1) is 6.92 Å².